The predicted molar refractivity (Wildman–Crippen MR) is 136 cm³/mol. The molecule has 38 heavy (non-hydrogen) atoms. The number of aromatic nitrogens is 5. The van der Waals surface area contributed by atoms with Gasteiger partial charge >= 0.3 is 6.18 Å². The lowest BCUT2D eigenvalue weighted by Gasteiger charge is -2.33. The predicted octanol–water partition coefficient (Wildman–Crippen LogP) is 5.41. The van der Waals surface area contributed by atoms with E-state index in [2.05, 4.69) is 35.6 Å². The summed E-state index contributed by atoms with van der Waals surface area (Å²) in [6, 6.07) is 6.29. The molecule has 1 aliphatic carbocycles. The average molecular weight is 544 g/mol. The van der Waals surface area contributed by atoms with Gasteiger partial charge in [0.15, 0.2) is 0 Å². The molecule has 0 atom stereocenters. The average Bonchev–Trinajstić information content (AvgIpc) is 3.57. The number of H-pyrrole nitrogens is 1. The van der Waals surface area contributed by atoms with Gasteiger partial charge in [-0.15, -0.1) is 11.3 Å². The van der Waals surface area contributed by atoms with Gasteiger partial charge in [0.05, 0.1) is 4.88 Å². The number of anilines is 3. The van der Waals surface area contributed by atoms with Crippen molar-refractivity contribution in [3.63, 3.8) is 0 Å². The Morgan fingerprint density at radius 1 is 1.16 bits per heavy atom. The number of carbonyl (C=O) groups is 1. The number of nitrogens with zero attached hydrogens (tertiary/aromatic N) is 4. The Balaban J connectivity index is 1.29. The molecule has 9 nitrogen and oxygen atoms in total. The number of hydrogen-bond acceptors (Lipinski definition) is 8. The lowest BCUT2D eigenvalue weighted by Crippen LogP contribution is -2.35. The number of nitrogens with one attached hydrogen (secondary N) is 3. The summed E-state index contributed by atoms with van der Waals surface area (Å²) in [7, 11) is 0. The number of benzene rings is 1. The van der Waals surface area contributed by atoms with Gasteiger partial charge in [-0.25, -0.2) is 19.9 Å². The van der Waals surface area contributed by atoms with Gasteiger partial charge in [-0.3, -0.25) is 10.1 Å². The molecule has 0 unspecified atom stereocenters. The minimum atomic E-state index is -4.57. The van der Waals surface area contributed by atoms with Crippen LogP contribution in [0.15, 0.2) is 49.1 Å². The molecule has 1 aliphatic rings. The number of aryl methyl sites for hydroxylation is 1. The fraction of sp³-hybridized carbons (Fsp3) is 0.320. The van der Waals surface area contributed by atoms with Crippen molar-refractivity contribution in [3.8, 4) is 10.4 Å². The number of halogens is 3. The number of hydrogen-bond donors (Lipinski definition) is 4. The van der Waals surface area contributed by atoms with Gasteiger partial charge in [-0.05, 0) is 61.9 Å². The lowest BCUT2D eigenvalue weighted by atomic mass is 9.79. The molecule has 13 heteroatoms. The molecule has 1 saturated carbocycles. The van der Waals surface area contributed by atoms with Crippen molar-refractivity contribution in [1.82, 2.24) is 24.9 Å². The van der Waals surface area contributed by atoms with Crippen molar-refractivity contribution < 1.29 is 23.1 Å². The molecule has 4 aromatic rings. The van der Waals surface area contributed by atoms with Gasteiger partial charge < -0.3 is 15.4 Å². The molecule has 0 spiro atoms. The first-order chi connectivity index (χ1) is 18.1. The van der Waals surface area contributed by atoms with Crippen molar-refractivity contribution >= 4 is 34.8 Å². The largest absolute Gasteiger partial charge is 0.433 e. The van der Waals surface area contributed by atoms with Crippen molar-refractivity contribution in [2.75, 3.05) is 10.6 Å². The van der Waals surface area contributed by atoms with E-state index >= 15 is 0 Å². The topological polar surface area (TPSA) is 129 Å². The van der Waals surface area contributed by atoms with E-state index in [1.54, 1.807) is 30.7 Å². The highest BCUT2D eigenvalue weighted by Gasteiger charge is 2.39. The number of aliphatic hydroxyl groups is 1. The third kappa shape index (κ3) is 5.68. The van der Waals surface area contributed by atoms with Crippen LogP contribution in [0.5, 0.6) is 0 Å². The molecule has 0 aliphatic heterocycles. The van der Waals surface area contributed by atoms with Crippen LogP contribution in [0.25, 0.3) is 10.4 Å². The summed E-state index contributed by atoms with van der Waals surface area (Å²) in [6.07, 6.45) is 3.14. The van der Waals surface area contributed by atoms with E-state index in [4.69, 9.17) is 0 Å². The smallest absolute Gasteiger partial charge is 0.383 e. The van der Waals surface area contributed by atoms with E-state index in [0.717, 1.165) is 28.3 Å². The Bertz CT molecular complexity index is 1430. The highest BCUT2D eigenvalue weighted by atomic mass is 32.1. The number of thiazole rings is 1. The van der Waals surface area contributed by atoms with Gasteiger partial charge in [0.2, 0.25) is 17.8 Å². The molecular formula is C25H24F3N7O2S. The Morgan fingerprint density at radius 3 is 2.66 bits per heavy atom. The first kappa shape index (κ1) is 25.8. The van der Waals surface area contributed by atoms with Crippen LogP contribution in [0.2, 0.25) is 0 Å². The summed E-state index contributed by atoms with van der Waals surface area (Å²) in [5.41, 5.74) is 0.0146. The van der Waals surface area contributed by atoms with Crippen LogP contribution in [0.4, 0.5) is 30.8 Å². The van der Waals surface area contributed by atoms with Crippen LogP contribution >= 0.6 is 11.3 Å². The third-order valence-corrected chi connectivity index (χ3v) is 7.63. The SMILES string of the molecule is Cc1cc(Nc2nccc(C(F)(F)F)n2)cc(-c2cnc(C3(O)CCC(C(=O)Nc4ncc[nH]4)CC3)s2)c1. The fourth-order valence-corrected chi connectivity index (χ4v) is 5.50. The molecule has 198 valence electrons. The van der Waals surface area contributed by atoms with Crippen LogP contribution in [0.3, 0.4) is 0 Å². The van der Waals surface area contributed by atoms with E-state index in [1.807, 2.05) is 13.0 Å². The van der Waals surface area contributed by atoms with E-state index < -0.39 is 17.5 Å². The number of aromatic amines is 1. The van der Waals surface area contributed by atoms with Crippen LogP contribution in [-0.4, -0.2) is 35.9 Å². The summed E-state index contributed by atoms with van der Waals surface area (Å²) in [5.74, 6) is -0.134. The molecule has 1 fully saturated rings. The Kier molecular flexibility index (Phi) is 6.88. The third-order valence-electron chi connectivity index (χ3n) is 6.39. The molecule has 1 amide bonds. The summed E-state index contributed by atoms with van der Waals surface area (Å²) < 4.78 is 39.0. The van der Waals surface area contributed by atoms with Crippen molar-refractivity contribution in [3.05, 3.63) is 65.3 Å². The number of imidazole rings is 1. The summed E-state index contributed by atoms with van der Waals surface area (Å²) >= 11 is 1.35. The maximum Gasteiger partial charge on any atom is 0.433 e. The maximum atomic E-state index is 13.0. The minimum Gasteiger partial charge on any atom is -0.383 e. The maximum absolute atomic E-state index is 13.0. The first-order valence-corrected chi connectivity index (χ1v) is 12.7. The highest BCUT2D eigenvalue weighted by molar-refractivity contribution is 7.15. The first-order valence-electron chi connectivity index (χ1n) is 11.9. The number of alkyl halides is 3. The molecule has 4 N–H and O–H groups in total. The minimum absolute atomic E-state index is 0.133. The number of rotatable bonds is 6. The zero-order chi connectivity index (χ0) is 26.9. The molecule has 3 heterocycles. The van der Waals surface area contributed by atoms with Crippen LogP contribution < -0.4 is 10.6 Å². The second kappa shape index (κ2) is 10.1. The van der Waals surface area contributed by atoms with E-state index in [9.17, 15) is 23.1 Å². The second-order valence-electron chi connectivity index (χ2n) is 9.24. The van der Waals surface area contributed by atoms with Gasteiger partial charge in [0.25, 0.3) is 0 Å². The lowest BCUT2D eigenvalue weighted by molar-refractivity contribution is -0.141. The normalized spacial score (nSPS) is 19.8. The quantitative estimate of drug-likeness (QED) is 0.256. The second-order valence-corrected chi connectivity index (χ2v) is 10.3. The van der Waals surface area contributed by atoms with Gasteiger partial charge in [0, 0.05) is 36.4 Å². The Labute approximate surface area is 219 Å². The van der Waals surface area contributed by atoms with Gasteiger partial charge in [-0.1, -0.05) is 6.07 Å². The number of amides is 1. The van der Waals surface area contributed by atoms with E-state index in [1.165, 1.54) is 11.3 Å². The fourth-order valence-electron chi connectivity index (χ4n) is 4.45. The van der Waals surface area contributed by atoms with Crippen LogP contribution in [-0.2, 0) is 16.6 Å². The van der Waals surface area contributed by atoms with Crippen molar-refractivity contribution in [2.45, 2.75) is 44.4 Å². The van der Waals surface area contributed by atoms with Gasteiger partial charge in [0.1, 0.15) is 16.3 Å². The summed E-state index contributed by atoms with van der Waals surface area (Å²) in [4.78, 5) is 32.1. The zero-order valence-corrected chi connectivity index (χ0v) is 21.0. The molecule has 0 radical (unpaired) electrons. The Hall–Kier alpha value is -3.84. The molecule has 0 saturated heterocycles. The molecule has 3 aromatic heterocycles. The van der Waals surface area contributed by atoms with Crippen LogP contribution in [0, 0.1) is 12.8 Å². The molecule has 5 rings (SSSR count). The Morgan fingerprint density at radius 2 is 1.95 bits per heavy atom. The standard InChI is InChI=1S/C25H24F3N7O2S/c1-14-10-16(12-17(11-14)33-23-29-7-4-19(34-23)25(26,27)28)18-13-32-21(38-18)24(37)5-2-15(3-6-24)20(36)35-22-30-8-9-31-22/h4,7-13,15,37H,2-3,5-6H2,1H3,(H,29,33,34)(H2,30,31,35,36). The van der Waals surface area contributed by atoms with Gasteiger partial charge in [-0.2, -0.15) is 13.2 Å². The van der Waals surface area contributed by atoms with Crippen LogP contribution in [0.1, 0.15) is 41.9 Å². The summed E-state index contributed by atoms with van der Waals surface area (Å²) in [6.45, 7) is 1.87. The summed E-state index contributed by atoms with van der Waals surface area (Å²) in [5, 5.41) is 17.5. The molecular weight excluding hydrogens is 519 g/mol. The molecule has 0 bridgehead atoms. The zero-order valence-electron chi connectivity index (χ0n) is 20.2. The van der Waals surface area contributed by atoms with Crippen molar-refractivity contribution in [2.24, 2.45) is 5.92 Å². The van der Waals surface area contributed by atoms with E-state index in [-0.39, 0.29) is 17.8 Å². The van der Waals surface area contributed by atoms with E-state index in [0.29, 0.717) is 42.3 Å². The highest BCUT2D eigenvalue weighted by Crippen LogP contribution is 2.43. The monoisotopic (exact) mass is 543 g/mol. The molecule has 1 aromatic carbocycles. The van der Waals surface area contributed by atoms with Crippen molar-refractivity contribution in [1.29, 1.82) is 0 Å². The number of carbonyl (C=O) groups excluding carboxylic acids is 1.